The van der Waals surface area contributed by atoms with Gasteiger partial charge >= 0.3 is 0 Å². The fourth-order valence-corrected chi connectivity index (χ4v) is 1.55. The van der Waals surface area contributed by atoms with Crippen molar-refractivity contribution in [2.24, 2.45) is 0 Å². The lowest BCUT2D eigenvalue weighted by Gasteiger charge is -2.04. The predicted octanol–water partition coefficient (Wildman–Crippen LogP) is 2.63. The Balaban J connectivity index is 2.43. The van der Waals surface area contributed by atoms with Gasteiger partial charge in [-0.2, -0.15) is 0 Å². The molecule has 4 nitrogen and oxygen atoms in total. The van der Waals surface area contributed by atoms with Crippen molar-refractivity contribution in [2.45, 2.75) is 25.8 Å². The smallest absolute Gasteiger partial charge is 0.272 e. The van der Waals surface area contributed by atoms with Gasteiger partial charge in [0.2, 0.25) is 0 Å². The first-order valence-electron chi connectivity index (χ1n) is 5.71. The molecule has 1 aromatic rings. The molecule has 96 valence electrons. The lowest BCUT2D eigenvalue weighted by atomic mass is 10.2. The second-order valence-electron chi connectivity index (χ2n) is 3.91. The molecule has 0 atom stereocenters. The molecule has 0 bridgehead atoms. The summed E-state index contributed by atoms with van der Waals surface area (Å²) in [7, 11) is 0. The second kappa shape index (κ2) is 7.41. The molecule has 0 aromatic heterocycles. The molecule has 0 aliphatic carbocycles. The number of benzene rings is 1. The molecule has 0 fully saturated rings. The molecule has 0 saturated carbocycles. The molecule has 0 saturated heterocycles. The van der Waals surface area contributed by atoms with Crippen LogP contribution >= 0.6 is 0 Å². The highest BCUT2D eigenvalue weighted by Crippen LogP contribution is 2.16. The van der Waals surface area contributed by atoms with E-state index in [1.54, 1.807) is 0 Å². The molecule has 1 N–H and O–H groups in total. The molecule has 1 aromatic carbocycles. The zero-order valence-electron chi connectivity index (χ0n) is 9.99. The molecule has 0 aliphatic rings. The Kier molecular flexibility index (Phi) is 5.81. The highest BCUT2D eigenvalue weighted by Gasteiger charge is 2.09. The van der Waals surface area contributed by atoms with Crippen LogP contribution in [0.4, 0.5) is 10.1 Å². The van der Waals surface area contributed by atoms with Gasteiger partial charge in [-0.1, -0.05) is 0 Å². The van der Waals surface area contributed by atoms with Crippen LogP contribution in [-0.2, 0) is 6.54 Å². The highest BCUT2D eigenvalue weighted by molar-refractivity contribution is 5.35. The molecular formula is C13H15FN2O2. The van der Waals surface area contributed by atoms with E-state index in [2.05, 4.69) is 11.2 Å². The molecular weight excluding hydrogens is 235 g/mol. The van der Waals surface area contributed by atoms with E-state index in [0.717, 1.165) is 31.9 Å². The number of nitro benzene ring substituents is 1. The number of hydrogen-bond acceptors (Lipinski definition) is 3. The summed E-state index contributed by atoms with van der Waals surface area (Å²) < 4.78 is 13.1. The first-order chi connectivity index (χ1) is 8.63. The standard InChI is InChI=1S/C13H15FN2O2/c1-2-3-4-5-6-15-10-11-7-12(14)9-13(8-11)16(17)18/h1,7-9,15H,3-6,10H2. The third kappa shape index (κ3) is 4.93. The van der Waals surface area contributed by atoms with Gasteiger partial charge in [-0.05, 0) is 31.0 Å². The first-order valence-corrected chi connectivity index (χ1v) is 5.71. The Morgan fingerprint density at radius 3 is 2.83 bits per heavy atom. The molecule has 0 spiro atoms. The SMILES string of the molecule is C#CCCCCNCc1cc(F)cc([N+](=O)[O-])c1. The van der Waals surface area contributed by atoms with E-state index in [0.29, 0.717) is 12.1 Å². The first kappa shape index (κ1) is 14.1. The van der Waals surface area contributed by atoms with Crippen molar-refractivity contribution < 1.29 is 9.31 Å². The Morgan fingerprint density at radius 1 is 1.39 bits per heavy atom. The molecule has 0 unspecified atom stereocenters. The van der Waals surface area contributed by atoms with Crippen molar-refractivity contribution in [3.8, 4) is 12.3 Å². The molecule has 1 rings (SSSR count). The van der Waals surface area contributed by atoms with Gasteiger partial charge in [0.1, 0.15) is 5.82 Å². The quantitative estimate of drug-likeness (QED) is 0.350. The molecule has 18 heavy (non-hydrogen) atoms. The van der Waals surface area contributed by atoms with Crippen molar-refractivity contribution >= 4 is 5.69 Å². The zero-order chi connectivity index (χ0) is 13.4. The van der Waals surface area contributed by atoms with E-state index in [4.69, 9.17) is 6.42 Å². The number of terminal acetylenes is 1. The van der Waals surface area contributed by atoms with Crippen LogP contribution in [0.5, 0.6) is 0 Å². The minimum Gasteiger partial charge on any atom is -0.313 e. The van der Waals surface area contributed by atoms with E-state index in [1.165, 1.54) is 12.1 Å². The summed E-state index contributed by atoms with van der Waals surface area (Å²) in [5, 5.41) is 13.6. The maximum Gasteiger partial charge on any atom is 0.272 e. The Bertz CT molecular complexity index is 455. The summed E-state index contributed by atoms with van der Waals surface area (Å²) in [5.41, 5.74) is 0.345. The summed E-state index contributed by atoms with van der Waals surface area (Å²) in [6.45, 7) is 1.17. The van der Waals surface area contributed by atoms with E-state index in [9.17, 15) is 14.5 Å². The number of non-ortho nitro benzene ring substituents is 1. The summed E-state index contributed by atoms with van der Waals surface area (Å²) in [5.74, 6) is 1.96. The minimum atomic E-state index is -0.598. The van der Waals surface area contributed by atoms with Gasteiger partial charge in [0, 0.05) is 19.0 Å². The van der Waals surface area contributed by atoms with Crippen molar-refractivity contribution in [1.82, 2.24) is 5.32 Å². The van der Waals surface area contributed by atoms with Gasteiger partial charge < -0.3 is 5.32 Å². The normalized spacial score (nSPS) is 10.0. The zero-order valence-corrected chi connectivity index (χ0v) is 9.99. The number of unbranched alkanes of at least 4 members (excludes halogenated alkanes) is 2. The van der Waals surface area contributed by atoms with Crippen LogP contribution in [0, 0.1) is 28.3 Å². The molecule has 0 aliphatic heterocycles. The highest BCUT2D eigenvalue weighted by atomic mass is 19.1. The molecule has 0 amide bonds. The lowest BCUT2D eigenvalue weighted by molar-refractivity contribution is -0.385. The van der Waals surface area contributed by atoms with E-state index in [1.807, 2.05) is 0 Å². The van der Waals surface area contributed by atoms with Crippen molar-refractivity contribution in [2.75, 3.05) is 6.54 Å². The second-order valence-corrected chi connectivity index (χ2v) is 3.91. The number of rotatable bonds is 7. The van der Waals surface area contributed by atoms with Gasteiger partial charge in [0.25, 0.3) is 5.69 Å². The number of nitro groups is 1. The third-order valence-corrected chi connectivity index (χ3v) is 2.41. The van der Waals surface area contributed by atoms with E-state index >= 15 is 0 Å². The summed E-state index contributed by atoms with van der Waals surface area (Å²) in [6.07, 6.45) is 7.73. The fraction of sp³-hybridized carbons (Fsp3) is 0.385. The van der Waals surface area contributed by atoms with Crippen LogP contribution in [0.2, 0.25) is 0 Å². The molecule has 5 heteroatoms. The average molecular weight is 250 g/mol. The van der Waals surface area contributed by atoms with Gasteiger partial charge in [0.05, 0.1) is 11.0 Å². The van der Waals surface area contributed by atoms with Crippen LogP contribution < -0.4 is 5.32 Å². The maximum atomic E-state index is 13.1. The van der Waals surface area contributed by atoms with Crippen LogP contribution in [-0.4, -0.2) is 11.5 Å². The Labute approximate surface area is 105 Å². The summed E-state index contributed by atoms with van der Waals surface area (Å²) >= 11 is 0. The number of nitrogens with zero attached hydrogens (tertiary/aromatic N) is 1. The summed E-state index contributed by atoms with van der Waals surface area (Å²) in [4.78, 5) is 9.96. The number of halogens is 1. The van der Waals surface area contributed by atoms with Gasteiger partial charge in [-0.3, -0.25) is 10.1 Å². The monoisotopic (exact) mass is 250 g/mol. The topological polar surface area (TPSA) is 55.2 Å². The van der Waals surface area contributed by atoms with E-state index in [-0.39, 0.29) is 5.69 Å². The van der Waals surface area contributed by atoms with Crippen LogP contribution in [0.3, 0.4) is 0 Å². The van der Waals surface area contributed by atoms with Gasteiger partial charge in [-0.15, -0.1) is 12.3 Å². The Morgan fingerprint density at radius 2 is 2.17 bits per heavy atom. The van der Waals surface area contributed by atoms with Gasteiger partial charge in [-0.25, -0.2) is 4.39 Å². The molecule has 0 radical (unpaired) electrons. The third-order valence-electron chi connectivity index (χ3n) is 2.41. The predicted molar refractivity (Wildman–Crippen MR) is 67.4 cm³/mol. The lowest BCUT2D eigenvalue weighted by Crippen LogP contribution is -2.14. The summed E-state index contributed by atoms with van der Waals surface area (Å²) in [6, 6.07) is 3.58. The number of hydrogen-bond donors (Lipinski definition) is 1. The van der Waals surface area contributed by atoms with Crippen LogP contribution in [0.25, 0.3) is 0 Å². The van der Waals surface area contributed by atoms with Crippen molar-refractivity contribution in [1.29, 1.82) is 0 Å². The van der Waals surface area contributed by atoms with Gasteiger partial charge in [0.15, 0.2) is 0 Å². The average Bonchev–Trinajstić information content (AvgIpc) is 2.33. The van der Waals surface area contributed by atoms with E-state index < -0.39 is 10.7 Å². The fourth-order valence-electron chi connectivity index (χ4n) is 1.55. The van der Waals surface area contributed by atoms with Crippen molar-refractivity contribution in [3.63, 3.8) is 0 Å². The maximum absolute atomic E-state index is 13.1. The minimum absolute atomic E-state index is 0.223. The number of nitrogens with one attached hydrogen (secondary N) is 1. The van der Waals surface area contributed by atoms with Crippen molar-refractivity contribution in [3.05, 3.63) is 39.7 Å². The van der Waals surface area contributed by atoms with Crippen LogP contribution in [0.15, 0.2) is 18.2 Å². The van der Waals surface area contributed by atoms with Crippen LogP contribution in [0.1, 0.15) is 24.8 Å². The Hall–Kier alpha value is -1.93. The largest absolute Gasteiger partial charge is 0.313 e. The molecule has 0 heterocycles.